The molecule has 0 aromatic rings. The quantitative estimate of drug-likeness (QED) is 0.647. The van der Waals surface area contributed by atoms with Crippen LogP contribution in [0, 0.1) is 11.8 Å². The average molecular weight is 347 g/mol. The summed E-state index contributed by atoms with van der Waals surface area (Å²) in [6.07, 6.45) is 4.71. The average Bonchev–Trinajstić information content (AvgIpc) is 2.98. The van der Waals surface area contributed by atoms with Gasteiger partial charge in [-0.2, -0.15) is 0 Å². The molecule has 2 N–H and O–H groups in total. The molecule has 0 saturated carbocycles. The van der Waals surface area contributed by atoms with E-state index in [9.17, 15) is 18.3 Å². The number of carbonyl (C=O) groups is 1. The van der Waals surface area contributed by atoms with Crippen LogP contribution < -0.4 is 4.72 Å². The van der Waals surface area contributed by atoms with E-state index in [1.165, 1.54) is 12.8 Å². The predicted octanol–water partition coefficient (Wildman–Crippen LogP) is -0.521. The molecule has 2 rings (SSSR count). The van der Waals surface area contributed by atoms with Crippen LogP contribution in [0.25, 0.3) is 0 Å². The van der Waals surface area contributed by atoms with Gasteiger partial charge in [0.1, 0.15) is 0 Å². The van der Waals surface area contributed by atoms with Gasteiger partial charge in [0, 0.05) is 39.2 Å². The van der Waals surface area contributed by atoms with Gasteiger partial charge in [-0.3, -0.25) is 4.79 Å². The number of carbonyl (C=O) groups excluding carboxylic acids is 1. The molecule has 0 aliphatic carbocycles. The molecule has 23 heavy (non-hydrogen) atoms. The number of likely N-dealkylation sites (tertiary alicyclic amines) is 2. The summed E-state index contributed by atoms with van der Waals surface area (Å²) in [6, 6.07) is 0. The van der Waals surface area contributed by atoms with Gasteiger partial charge in [-0.1, -0.05) is 0 Å². The van der Waals surface area contributed by atoms with Crippen LogP contribution in [0.3, 0.4) is 0 Å². The highest BCUT2D eigenvalue weighted by molar-refractivity contribution is 7.88. The third kappa shape index (κ3) is 6.37. The normalized spacial score (nSPS) is 26.6. The van der Waals surface area contributed by atoms with Crippen LogP contribution in [0.1, 0.15) is 25.7 Å². The number of hydrogen-bond donors (Lipinski definition) is 2. The Morgan fingerprint density at radius 2 is 1.87 bits per heavy atom. The molecule has 8 heteroatoms. The first-order valence-electron chi connectivity index (χ1n) is 8.43. The fourth-order valence-electron chi connectivity index (χ4n) is 3.62. The van der Waals surface area contributed by atoms with Crippen LogP contribution in [0.15, 0.2) is 0 Å². The van der Waals surface area contributed by atoms with Crippen LogP contribution in [0.4, 0.5) is 0 Å². The molecule has 2 aliphatic heterocycles. The smallest absolute Gasteiger partial charge is 0.223 e. The van der Waals surface area contributed by atoms with Crippen molar-refractivity contribution in [1.29, 1.82) is 0 Å². The number of rotatable bonds is 7. The predicted molar refractivity (Wildman–Crippen MR) is 88.4 cm³/mol. The maximum atomic E-state index is 12.3. The molecule has 0 spiro atoms. The highest BCUT2D eigenvalue weighted by Crippen LogP contribution is 2.24. The Hall–Kier alpha value is -0.700. The Kier molecular flexibility index (Phi) is 6.82. The summed E-state index contributed by atoms with van der Waals surface area (Å²) in [7, 11) is -3.26. The van der Waals surface area contributed by atoms with E-state index in [0.29, 0.717) is 19.0 Å². The van der Waals surface area contributed by atoms with Gasteiger partial charge in [0.25, 0.3) is 0 Å². The summed E-state index contributed by atoms with van der Waals surface area (Å²) in [5, 5.41) is 9.51. The van der Waals surface area contributed by atoms with Gasteiger partial charge in [-0.05, 0) is 44.2 Å². The van der Waals surface area contributed by atoms with Crippen LogP contribution >= 0.6 is 0 Å². The Morgan fingerprint density at radius 1 is 1.22 bits per heavy atom. The number of nitrogens with one attached hydrogen (secondary N) is 1. The van der Waals surface area contributed by atoms with Crippen LogP contribution in [-0.4, -0.2) is 81.4 Å². The molecule has 0 radical (unpaired) electrons. The molecule has 0 unspecified atom stereocenters. The van der Waals surface area contributed by atoms with Crippen molar-refractivity contribution in [2.45, 2.75) is 25.7 Å². The van der Waals surface area contributed by atoms with Gasteiger partial charge < -0.3 is 14.9 Å². The largest absolute Gasteiger partial charge is 0.396 e. The number of aliphatic hydroxyl groups excluding tert-OH is 1. The highest BCUT2D eigenvalue weighted by atomic mass is 32.2. The molecule has 0 bridgehead atoms. The van der Waals surface area contributed by atoms with Gasteiger partial charge >= 0.3 is 0 Å². The van der Waals surface area contributed by atoms with Crippen LogP contribution in [0.5, 0.6) is 0 Å². The number of piperidine rings is 1. The second kappa shape index (κ2) is 8.41. The first-order valence-corrected chi connectivity index (χ1v) is 10.3. The van der Waals surface area contributed by atoms with E-state index >= 15 is 0 Å². The summed E-state index contributed by atoms with van der Waals surface area (Å²) >= 11 is 0. The molecule has 0 aromatic heterocycles. The van der Waals surface area contributed by atoms with Crippen molar-refractivity contribution in [1.82, 2.24) is 14.5 Å². The van der Waals surface area contributed by atoms with E-state index in [-0.39, 0.29) is 31.4 Å². The molecule has 134 valence electrons. The first kappa shape index (κ1) is 18.6. The SMILES string of the molecule is CS(=O)(=O)NCCC(=O)N1C[C@@H](CN2CCCC2)C[C@H](CO)C1. The topological polar surface area (TPSA) is 90.0 Å². The minimum atomic E-state index is -3.26. The van der Waals surface area contributed by atoms with E-state index in [1.807, 2.05) is 0 Å². The lowest BCUT2D eigenvalue weighted by atomic mass is 9.89. The minimum Gasteiger partial charge on any atom is -0.396 e. The lowest BCUT2D eigenvalue weighted by Crippen LogP contribution is -2.48. The zero-order chi connectivity index (χ0) is 16.9. The number of amides is 1. The molecular formula is C15H29N3O4S. The van der Waals surface area contributed by atoms with Gasteiger partial charge in [-0.15, -0.1) is 0 Å². The third-order valence-corrected chi connectivity index (χ3v) is 5.38. The summed E-state index contributed by atoms with van der Waals surface area (Å²) < 4.78 is 24.5. The van der Waals surface area contributed by atoms with Crippen molar-refractivity contribution in [2.24, 2.45) is 11.8 Å². The monoisotopic (exact) mass is 347 g/mol. The van der Waals surface area contributed by atoms with Crippen molar-refractivity contribution in [3.8, 4) is 0 Å². The van der Waals surface area contributed by atoms with E-state index in [0.717, 1.165) is 32.3 Å². The lowest BCUT2D eigenvalue weighted by molar-refractivity contribution is -0.134. The zero-order valence-corrected chi connectivity index (χ0v) is 14.7. The first-order chi connectivity index (χ1) is 10.9. The molecule has 1 amide bonds. The molecular weight excluding hydrogens is 318 g/mol. The minimum absolute atomic E-state index is 0.0364. The Labute approximate surface area is 139 Å². The van der Waals surface area contributed by atoms with E-state index in [1.54, 1.807) is 4.90 Å². The van der Waals surface area contributed by atoms with Gasteiger partial charge in [0.2, 0.25) is 15.9 Å². The number of aliphatic hydroxyl groups is 1. The van der Waals surface area contributed by atoms with Gasteiger partial charge in [0.05, 0.1) is 6.26 Å². The fraction of sp³-hybridized carbons (Fsp3) is 0.933. The Morgan fingerprint density at radius 3 is 2.48 bits per heavy atom. The summed E-state index contributed by atoms with van der Waals surface area (Å²) in [6.45, 7) is 4.77. The molecule has 7 nitrogen and oxygen atoms in total. The van der Waals surface area contributed by atoms with Crippen LogP contribution in [-0.2, 0) is 14.8 Å². The standard InChI is InChI=1S/C15H29N3O4S/c1-23(21,22)16-5-4-15(20)18-10-13(8-14(11-18)12-19)9-17-6-2-3-7-17/h13-14,16,19H,2-12H2,1H3/t13-,14+/m1/s1. The molecule has 0 aromatic carbocycles. The Balaban J connectivity index is 1.84. The third-order valence-electron chi connectivity index (χ3n) is 4.65. The molecule has 2 heterocycles. The van der Waals surface area contributed by atoms with Crippen molar-refractivity contribution >= 4 is 15.9 Å². The van der Waals surface area contributed by atoms with Crippen molar-refractivity contribution in [2.75, 3.05) is 52.1 Å². The molecule has 2 fully saturated rings. The number of hydrogen-bond acceptors (Lipinski definition) is 5. The van der Waals surface area contributed by atoms with E-state index in [2.05, 4.69) is 9.62 Å². The van der Waals surface area contributed by atoms with Crippen molar-refractivity contribution in [3.63, 3.8) is 0 Å². The zero-order valence-electron chi connectivity index (χ0n) is 13.9. The van der Waals surface area contributed by atoms with Crippen molar-refractivity contribution < 1.29 is 18.3 Å². The van der Waals surface area contributed by atoms with Gasteiger partial charge in [-0.25, -0.2) is 13.1 Å². The fourth-order valence-corrected chi connectivity index (χ4v) is 4.09. The van der Waals surface area contributed by atoms with E-state index < -0.39 is 10.0 Å². The number of sulfonamides is 1. The highest BCUT2D eigenvalue weighted by Gasteiger charge is 2.31. The maximum absolute atomic E-state index is 12.3. The summed E-state index contributed by atoms with van der Waals surface area (Å²) in [5.41, 5.74) is 0. The summed E-state index contributed by atoms with van der Waals surface area (Å²) in [4.78, 5) is 16.6. The second-order valence-corrected chi connectivity index (χ2v) is 8.71. The summed E-state index contributed by atoms with van der Waals surface area (Å²) in [5.74, 6) is 0.486. The second-order valence-electron chi connectivity index (χ2n) is 6.87. The van der Waals surface area contributed by atoms with Crippen molar-refractivity contribution in [3.05, 3.63) is 0 Å². The lowest BCUT2D eigenvalue weighted by Gasteiger charge is -2.38. The van der Waals surface area contributed by atoms with Gasteiger partial charge in [0.15, 0.2) is 0 Å². The maximum Gasteiger partial charge on any atom is 0.223 e. The number of nitrogens with zero attached hydrogens (tertiary/aromatic N) is 2. The Bertz CT molecular complexity index is 491. The molecule has 2 aliphatic rings. The molecule has 2 atom stereocenters. The van der Waals surface area contributed by atoms with E-state index in [4.69, 9.17) is 0 Å². The molecule has 2 saturated heterocycles. The van der Waals surface area contributed by atoms with Crippen LogP contribution in [0.2, 0.25) is 0 Å².